The number of hydrogen-bond acceptors (Lipinski definition) is 4. The number of anilines is 1. The molecule has 6 nitrogen and oxygen atoms in total. The Morgan fingerprint density at radius 2 is 2.00 bits per heavy atom. The van der Waals surface area contributed by atoms with E-state index in [4.69, 9.17) is 9.52 Å². The summed E-state index contributed by atoms with van der Waals surface area (Å²) in [5, 5.41) is 9.09. The first-order valence-corrected chi connectivity index (χ1v) is 7.61. The predicted octanol–water partition coefficient (Wildman–Crippen LogP) is 2.93. The van der Waals surface area contributed by atoms with Gasteiger partial charge < -0.3 is 14.4 Å². The zero-order chi connectivity index (χ0) is 16.7. The molecule has 6 heteroatoms. The number of amides is 1. The van der Waals surface area contributed by atoms with Gasteiger partial charge in [-0.25, -0.2) is 4.98 Å². The average molecular weight is 322 g/mol. The van der Waals surface area contributed by atoms with Crippen LogP contribution in [0.1, 0.15) is 6.42 Å². The smallest absolute Gasteiger partial charge is 0.308 e. The molecule has 3 aromatic rings. The fourth-order valence-corrected chi connectivity index (χ4v) is 2.91. The van der Waals surface area contributed by atoms with Crippen LogP contribution in [-0.4, -0.2) is 28.5 Å². The van der Waals surface area contributed by atoms with Crippen molar-refractivity contribution in [3.05, 3.63) is 48.5 Å². The highest BCUT2D eigenvalue weighted by Crippen LogP contribution is 2.30. The molecule has 1 fully saturated rings. The number of aliphatic carboxylic acids is 1. The lowest BCUT2D eigenvalue weighted by atomic mass is 10.1. The first-order valence-electron chi connectivity index (χ1n) is 7.61. The third kappa shape index (κ3) is 2.42. The fraction of sp³-hybridized carbons (Fsp3) is 0.167. The molecular weight excluding hydrogens is 308 g/mol. The molecule has 0 aliphatic carbocycles. The van der Waals surface area contributed by atoms with Crippen molar-refractivity contribution in [2.75, 3.05) is 11.4 Å². The number of carbonyl (C=O) groups is 2. The normalized spacial score (nSPS) is 17.6. The predicted molar refractivity (Wildman–Crippen MR) is 87.5 cm³/mol. The summed E-state index contributed by atoms with van der Waals surface area (Å²) in [6.07, 6.45) is 0.0268. The van der Waals surface area contributed by atoms with Gasteiger partial charge in [-0.1, -0.05) is 18.2 Å². The number of aromatic nitrogens is 1. The van der Waals surface area contributed by atoms with E-state index < -0.39 is 11.9 Å². The Balaban J connectivity index is 1.69. The van der Waals surface area contributed by atoms with Gasteiger partial charge in [-0.2, -0.15) is 0 Å². The van der Waals surface area contributed by atoms with Crippen LogP contribution in [0.3, 0.4) is 0 Å². The Hall–Kier alpha value is -3.15. The Bertz CT molecular complexity index is 933. The molecular formula is C18H14N2O4. The van der Waals surface area contributed by atoms with Crippen LogP contribution < -0.4 is 4.90 Å². The Morgan fingerprint density at radius 1 is 1.21 bits per heavy atom. The van der Waals surface area contributed by atoms with Gasteiger partial charge in [0.25, 0.3) is 0 Å². The number of nitrogens with zero attached hydrogens (tertiary/aromatic N) is 2. The summed E-state index contributed by atoms with van der Waals surface area (Å²) < 4.78 is 5.80. The molecule has 1 atom stereocenters. The summed E-state index contributed by atoms with van der Waals surface area (Å²) in [4.78, 5) is 29.1. The zero-order valence-electron chi connectivity index (χ0n) is 12.7. The van der Waals surface area contributed by atoms with Crippen molar-refractivity contribution in [3.63, 3.8) is 0 Å². The van der Waals surface area contributed by atoms with Crippen LogP contribution in [0.4, 0.5) is 5.69 Å². The molecule has 1 unspecified atom stereocenters. The maximum absolute atomic E-state index is 12.1. The molecule has 4 rings (SSSR count). The first-order chi connectivity index (χ1) is 11.6. The molecule has 24 heavy (non-hydrogen) atoms. The van der Waals surface area contributed by atoms with E-state index in [9.17, 15) is 9.59 Å². The summed E-state index contributed by atoms with van der Waals surface area (Å²) in [6, 6.07) is 14.8. The fourth-order valence-electron chi connectivity index (χ4n) is 2.91. The van der Waals surface area contributed by atoms with Crippen molar-refractivity contribution >= 4 is 28.7 Å². The standard InChI is InChI=1S/C18H14N2O4/c21-16-8-12(18(22)23)10-20(16)13-6-7-14-15(9-13)24-17(19-14)11-4-2-1-3-5-11/h1-7,9,12H,8,10H2,(H,22,23). The van der Waals surface area contributed by atoms with Crippen molar-refractivity contribution in [1.82, 2.24) is 4.98 Å². The van der Waals surface area contributed by atoms with E-state index in [-0.39, 0.29) is 18.9 Å². The molecule has 1 saturated heterocycles. The highest BCUT2D eigenvalue weighted by molar-refractivity contribution is 6.00. The largest absolute Gasteiger partial charge is 0.481 e. The van der Waals surface area contributed by atoms with E-state index in [0.717, 1.165) is 5.56 Å². The molecule has 1 aliphatic rings. The minimum atomic E-state index is -0.946. The van der Waals surface area contributed by atoms with Crippen molar-refractivity contribution in [1.29, 1.82) is 0 Å². The van der Waals surface area contributed by atoms with Gasteiger partial charge in [-0.05, 0) is 24.3 Å². The zero-order valence-corrected chi connectivity index (χ0v) is 12.7. The average Bonchev–Trinajstić information content (AvgIpc) is 3.18. The Kier molecular flexibility index (Phi) is 3.30. The Morgan fingerprint density at radius 3 is 2.71 bits per heavy atom. The molecule has 1 N–H and O–H groups in total. The number of rotatable bonds is 3. The summed E-state index contributed by atoms with van der Waals surface area (Å²) in [5.41, 5.74) is 2.77. The first kappa shape index (κ1) is 14.4. The third-order valence-electron chi connectivity index (χ3n) is 4.18. The van der Waals surface area contributed by atoms with Crippen molar-refractivity contribution in [3.8, 4) is 11.5 Å². The quantitative estimate of drug-likeness (QED) is 0.801. The van der Waals surface area contributed by atoms with Crippen LogP contribution in [0.5, 0.6) is 0 Å². The van der Waals surface area contributed by atoms with Crippen LogP contribution in [0.15, 0.2) is 52.9 Å². The van der Waals surface area contributed by atoms with E-state index in [1.807, 2.05) is 30.3 Å². The number of carboxylic acids is 1. The topological polar surface area (TPSA) is 83.6 Å². The molecule has 0 spiro atoms. The van der Waals surface area contributed by atoms with Crippen molar-refractivity contribution < 1.29 is 19.1 Å². The van der Waals surface area contributed by atoms with E-state index in [0.29, 0.717) is 22.7 Å². The number of carboxylic acid groups (broad SMARTS) is 1. The lowest BCUT2D eigenvalue weighted by molar-refractivity contribution is -0.141. The number of oxazole rings is 1. The monoisotopic (exact) mass is 322 g/mol. The molecule has 1 aliphatic heterocycles. The molecule has 0 saturated carbocycles. The number of benzene rings is 2. The van der Waals surface area contributed by atoms with E-state index >= 15 is 0 Å². The van der Waals surface area contributed by atoms with E-state index in [1.54, 1.807) is 18.2 Å². The van der Waals surface area contributed by atoms with E-state index in [2.05, 4.69) is 4.98 Å². The van der Waals surface area contributed by atoms with Gasteiger partial charge in [0.05, 0.1) is 5.92 Å². The van der Waals surface area contributed by atoms with Gasteiger partial charge in [-0.15, -0.1) is 0 Å². The van der Waals surface area contributed by atoms with Gasteiger partial charge in [-0.3, -0.25) is 9.59 Å². The second kappa shape index (κ2) is 5.49. The van der Waals surface area contributed by atoms with Gasteiger partial charge in [0.15, 0.2) is 5.58 Å². The van der Waals surface area contributed by atoms with Gasteiger partial charge in [0, 0.05) is 30.3 Å². The van der Waals surface area contributed by atoms with E-state index in [1.165, 1.54) is 4.90 Å². The van der Waals surface area contributed by atoms with Crippen LogP contribution in [0.25, 0.3) is 22.6 Å². The maximum atomic E-state index is 12.1. The summed E-state index contributed by atoms with van der Waals surface area (Å²) in [5.74, 6) is -1.29. The highest BCUT2D eigenvalue weighted by Gasteiger charge is 2.35. The van der Waals surface area contributed by atoms with Crippen LogP contribution in [0.2, 0.25) is 0 Å². The van der Waals surface area contributed by atoms with Gasteiger partial charge in [0.1, 0.15) is 5.52 Å². The van der Waals surface area contributed by atoms with Crippen molar-refractivity contribution in [2.45, 2.75) is 6.42 Å². The molecule has 1 aromatic heterocycles. The number of hydrogen-bond donors (Lipinski definition) is 1. The SMILES string of the molecule is O=C(O)C1CC(=O)N(c2ccc3nc(-c4ccccc4)oc3c2)C1. The number of carbonyl (C=O) groups excluding carboxylic acids is 1. The van der Waals surface area contributed by atoms with Gasteiger partial charge in [0.2, 0.25) is 11.8 Å². The summed E-state index contributed by atoms with van der Waals surface area (Å²) in [6.45, 7) is 0.180. The van der Waals surface area contributed by atoms with Crippen LogP contribution in [-0.2, 0) is 9.59 Å². The third-order valence-corrected chi connectivity index (χ3v) is 4.18. The highest BCUT2D eigenvalue weighted by atomic mass is 16.4. The summed E-state index contributed by atoms with van der Waals surface area (Å²) >= 11 is 0. The van der Waals surface area contributed by atoms with Gasteiger partial charge >= 0.3 is 5.97 Å². The molecule has 0 bridgehead atoms. The molecule has 2 heterocycles. The molecule has 0 radical (unpaired) electrons. The minimum Gasteiger partial charge on any atom is -0.481 e. The summed E-state index contributed by atoms with van der Waals surface area (Å²) in [7, 11) is 0. The molecule has 2 aromatic carbocycles. The molecule has 1 amide bonds. The second-order valence-electron chi connectivity index (χ2n) is 5.78. The Labute approximate surface area is 137 Å². The lowest BCUT2D eigenvalue weighted by Gasteiger charge is -2.15. The van der Waals surface area contributed by atoms with Crippen molar-refractivity contribution in [2.24, 2.45) is 5.92 Å². The molecule has 120 valence electrons. The van der Waals surface area contributed by atoms with Crippen LogP contribution >= 0.6 is 0 Å². The lowest BCUT2D eigenvalue weighted by Crippen LogP contribution is -2.25. The second-order valence-corrected chi connectivity index (χ2v) is 5.78. The van der Waals surface area contributed by atoms with Crippen LogP contribution in [0, 0.1) is 5.92 Å². The maximum Gasteiger partial charge on any atom is 0.308 e. The minimum absolute atomic E-state index is 0.0268. The number of fused-ring (bicyclic) bond motifs is 1.